The van der Waals surface area contributed by atoms with Crippen LogP contribution in [0.4, 0.5) is 0 Å². The van der Waals surface area contributed by atoms with Gasteiger partial charge in [-0.3, -0.25) is 4.79 Å². The molecule has 2 heterocycles. The first kappa shape index (κ1) is 23.4. The molecule has 26 heavy (non-hydrogen) atoms. The van der Waals surface area contributed by atoms with Gasteiger partial charge in [0.25, 0.3) is 0 Å². The fourth-order valence-electron chi connectivity index (χ4n) is 2.83. The molecule has 6 nitrogen and oxygen atoms in total. The molecule has 1 aromatic heterocycles. The number of rotatable bonds is 10. The van der Waals surface area contributed by atoms with Crippen LogP contribution in [0.2, 0.25) is 0 Å². The Morgan fingerprint density at radius 2 is 2.12 bits per heavy atom. The van der Waals surface area contributed by atoms with Crippen molar-refractivity contribution >= 4 is 39.7 Å². The maximum Gasteiger partial charge on any atom is 0.250 e. The number of hydrogen-bond donors (Lipinski definition) is 3. The summed E-state index contributed by atoms with van der Waals surface area (Å²) in [5, 5.41) is 6.16. The van der Waals surface area contributed by atoms with Crippen LogP contribution < -0.4 is 15.4 Å². The zero-order chi connectivity index (χ0) is 18.3. The van der Waals surface area contributed by atoms with Crippen molar-refractivity contribution < 1.29 is 13.2 Å². The highest BCUT2D eigenvalue weighted by atomic mass is 35.5. The minimum absolute atomic E-state index is 0. The van der Waals surface area contributed by atoms with E-state index in [4.69, 9.17) is 0 Å². The second-order valence-corrected chi connectivity index (χ2v) is 10.1. The minimum atomic E-state index is -3.43. The average Bonchev–Trinajstić information content (AvgIpc) is 3.18. The summed E-state index contributed by atoms with van der Waals surface area (Å²) in [4.78, 5) is 12.6. The third-order valence-electron chi connectivity index (χ3n) is 4.20. The monoisotopic (exact) mass is 423 g/mol. The van der Waals surface area contributed by atoms with E-state index in [9.17, 15) is 13.2 Å². The van der Waals surface area contributed by atoms with E-state index in [2.05, 4.69) is 15.4 Å². The second-order valence-electron chi connectivity index (χ2n) is 6.96. The van der Waals surface area contributed by atoms with E-state index >= 15 is 0 Å². The first-order valence-electron chi connectivity index (χ1n) is 8.92. The molecule has 1 amide bonds. The topological polar surface area (TPSA) is 87.3 Å². The Kier molecular flexibility index (Phi) is 10.1. The summed E-state index contributed by atoms with van der Waals surface area (Å²) >= 11 is 1.27. The van der Waals surface area contributed by atoms with E-state index in [1.165, 1.54) is 11.3 Å². The Morgan fingerprint density at radius 1 is 1.35 bits per heavy atom. The summed E-state index contributed by atoms with van der Waals surface area (Å²) in [6, 6.07) is 3.48. The van der Waals surface area contributed by atoms with Gasteiger partial charge in [0.1, 0.15) is 4.21 Å². The molecule has 0 bridgehead atoms. The van der Waals surface area contributed by atoms with Gasteiger partial charge in [-0.15, -0.1) is 23.7 Å². The summed E-state index contributed by atoms with van der Waals surface area (Å²) in [6.07, 6.45) is 3.15. The molecule has 9 heteroatoms. The predicted molar refractivity (Wildman–Crippen MR) is 109 cm³/mol. The van der Waals surface area contributed by atoms with Crippen LogP contribution in [0.15, 0.2) is 16.3 Å². The van der Waals surface area contributed by atoms with Gasteiger partial charge in [0.2, 0.25) is 15.9 Å². The Bertz CT molecular complexity index is 656. The smallest absolute Gasteiger partial charge is 0.250 e. The van der Waals surface area contributed by atoms with Gasteiger partial charge in [-0.05, 0) is 56.3 Å². The molecule has 150 valence electrons. The van der Waals surface area contributed by atoms with E-state index in [1.807, 2.05) is 19.9 Å². The molecule has 1 saturated heterocycles. The summed E-state index contributed by atoms with van der Waals surface area (Å²) in [5.74, 6) is 0.947. The Hall–Kier alpha value is -0.670. The van der Waals surface area contributed by atoms with E-state index in [1.54, 1.807) is 6.07 Å². The lowest BCUT2D eigenvalue weighted by atomic mass is 10.1. The molecule has 3 N–H and O–H groups in total. The molecule has 0 saturated carbocycles. The number of carbonyl (C=O) groups is 1. The average molecular weight is 424 g/mol. The van der Waals surface area contributed by atoms with Gasteiger partial charge in [-0.2, -0.15) is 0 Å². The Balaban J connectivity index is 0.00000338. The predicted octanol–water partition coefficient (Wildman–Crippen LogP) is 2.15. The lowest BCUT2D eigenvalue weighted by molar-refractivity contribution is -0.121. The summed E-state index contributed by atoms with van der Waals surface area (Å²) in [7, 11) is -3.43. The normalized spacial score (nSPS) is 17.3. The van der Waals surface area contributed by atoms with Gasteiger partial charge < -0.3 is 10.6 Å². The molecule has 1 aliphatic heterocycles. The molecule has 1 aromatic rings. The van der Waals surface area contributed by atoms with Crippen LogP contribution in [0.5, 0.6) is 0 Å². The highest BCUT2D eigenvalue weighted by Gasteiger charge is 2.19. The quantitative estimate of drug-likeness (QED) is 0.538. The number of hydrogen-bond acceptors (Lipinski definition) is 5. The van der Waals surface area contributed by atoms with Crippen molar-refractivity contribution in [2.24, 2.45) is 11.8 Å². The van der Waals surface area contributed by atoms with E-state index < -0.39 is 10.0 Å². The molecular formula is C17H30ClN3O3S2. The standard InChI is InChI=1S/C17H29N3O3S2.ClH/c1-13(2)11-16(21)19-9-7-15-3-4-17(24-15)25(22,23)20-10-6-14-5-8-18-12-14;/h3-4,13-14,18,20H,5-12H2,1-2H3,(H,19,21);1H. The zero-order valence-electron chi connectivity index (χ0n) is 15.4. The van der Waals surface area contributed by atoms with Crippen molar-refractivity contribution in [2.75, 3.05) is 26.2 Å². The fourth-order valence-corrected chi connectivity index (χ4v) is 5.28. The van der Waals surface area contributed by atoms with Crippen molar-refractivity contribution in [3.63, 3.8) is 0 Å². The molecule has 1 unspecified atom stereocenters. The van der Waals surface area contributed by atoms with Crippen LogP contribution >= 0.6 is 23.7 Å². The van der Waals surface area contributed by atoms with Crippen molar-refractivity contribution in [3.05, 3.63) is 17.0 Å². The number of thiophene rings is 1. The number of amides is 1. The third-order valence-corrected chi connectivity index (χ3v) is 7.29. The van der Waals surface area contributed by atoms with E-state index in [0.29, 0.717) is 42.0 Å². The van der Waals surface area contributed by atoms with Gasteiger partial charge in [-0.25, -0.2) is 13.1 Å². The molecule has 0 aromatic carbocycles. The second kappa shape index (κ2) is 11.2. The molecule has 0 aliphatic carbocycles. The van der Waals surface area contributed by atoms with Crippen LogP contribution in [0, 0.1) is 11.8 Å². The van der Waals surface area contributed by atoms with Crippen molar-refractivity contribution in [2.45, 2.75) is 43.7 Å². The minimum Gasteiger partial charge on any atom is -0.356 e. The maximum absolute atomic E-state index is 12.3. The lowest BCUT2D eigenvalue weighted by Gasteiger charge is -2.09. The largest absolute Gasteiger partial charge is 0.356 e. The molecule has 0 radical (unpaired) electrons. The SMILES string of the molecule is CC(C)CC(=O)NCCc1ccc(S(=O)(=O)NCCC2CCNC2)s1.Cl. The Labute approximate surface area is 167 Å². The molecule has 2 rings (SSSR count). The highest BCUT2D eigenvalue weighted by Crippen LogP contribution is 2.22. The van der Waals surface area contributed by atoms with E-state index in [-0.39, 0.29) is 18.3 Å². The van der Waals surface area contributed by atoms with Crippen molar-refractivity contribution in [3.8, 4) is 0 Å². The van der Waals surface area contributed by atoms with Crippen LogP contribution in [-0.2, 0) is 21.2 Å². The number of nitrogens with one attached hydrogen (secondary N) is 3. The Morgan fingerprint density at radius 3 is 2.77 bits per heavy atom. The molecule has 1 atom stereocenters. The van der Waals surface area contributed by atoms with Gasteiger partial charge in [0.05, 0.1) is 0 Å². The number of carbonyl (C=O) groups excluding carboxylic acids is 1. The highest BCUT2D eigenvalue weighted by molar-refractivity contribution is 7.91. The number of sulfonamides is 1. The molecule has 0 spiro atoms. The van der Waals surface area contributed by atoms with Crippen LogP contribution in [-0.4, -0.2) is 40.5 Å². The molecule has 1 aliphatic rings. The lowest BCUT2D eigenvalue weighted by Crippen LogP contribution is -2.26. The summed E-state index contributed by atoms with van der Waals surface area (Å²) < 4.78 is 27.7. The summed E-state index contributed by atoms with van der Waals surface area (Å²) in [6.45, 7) is 7.03. The van der Waals surface area contributed by atoms with Gasteiger partial charge in [-0.1, -0.05) is 13.8 Å². The van der Waals surface area contributed by atoms with Gasteiger partial charge >= 0.3 is 0 Å². The fraction of sp³-hybridized carbons (Fsp3) is 0.706. The first-order chi connectivity index (χ1) is 11.9. The molecular weight excluding hydrogens is 394 g/mol. The van der Waals surface area contributed by atoms with Gasteiger partial charge in [0.15, 0.2) is 0 Å². The third kappa shape index (κ3) is 7.92. The zero-order valence-corrected chi connectivity index (χ0v) is 17.9. The van der Waals surface area contributed by atoms with Crippen molar-refractivity contribution in [1.29, 1.82) is 0 Å². The van der Waals surface area contributed by atoms with Crippen molar-refractivity contribution in [1.82, 2.24) is 15.4 Å². The first-order valence-corrected chi connectivity index (χ1v) is 11.2. The van der Waals surface area contributed by atoms with Crippen LogP contribution in [0.1, 0.15) is 38.0 Å². The molecule has 1 fully saturated rings. The van der Waals surface area contributed by atoms with Crippen LogP contribution in [0.3, 0.4) is 0 Å². The van der Waals surface area contributed by atoms with E-state index in [0.717, 1.165) is 30.8 Å². The van der Waals surface area contributed by atoms with Crippen LogP contribution in [0.25, 0.3) is 0 Å². The summed E-state index contributed by atoms with van der Waals surface area (Å²) in [5.41, 5.74) is 0. The maximum atomic E-state index is 12.3. The van der Waals surface area contributed by atoms with Gasteiger partial charge in [0, 0.05) is 24.4 Å². The number of halogens is 1.